The van der Waals surface area contributed by atoms with E-state index in [2.05, 4.69) is 0 Å². The molecule has 8 nitrogen and oxygen atoms in total. The first-order valence-electron chi connectivity index (χ1n) is 8.86. The van der Waals surface area contributed by atoms with Gasteiger partial charge in [0.25, 0.3) is 0 Å². The molecule has 29 heavy (non-hydrogen) atoms. The predicted octanol–water partition coefficient (Wildman–Crippen LogP) is 3.59. The van der Waals surface area contributed by atoms with Crippen LogP contribution in [0.15, 0.2) is 39.5 Å². The van der Waals surface area contributed by atoms with Crippen LogP contribution in [0.25, 0.3) is 22.3 Å². The Morgan fingerprint density at radius 1 is 1.10 bits per heavy atom. The van der Waals surface area contributed by atoms with E-state index in [1.54, 1.807) is 24.3 Å². The molecule has 1 aromatic heterocycles. The standard InChI is InChI=1S/C21H20O8/c1-4-5-15(23)28-20-14(27-3)10-13(22)16-17(24)18(25)19(29-21(16)20)11-6-8-12(26-2)9-7-11/h6-10,22,25H,4-5H2,1-3H3. The van der Waals surface area contributed by atoms with Gasteiger partial charge in [-0.3, -0.25) is 9.59 Å². The molecule has 0 aliphatic rings. The van der Waals surface area contributed by atoms with Crippen molar-refractivity contribution >= 4 is 16.9 Å². The van der Waals surface area contributed by atoms with Gasteiger partial charge in [0.05, 0.1) is 14.2 Å². The first-order chi connectivity index (χ1) is 13.9. The first-order valence-corrected chi connectivity index (χ1v) is 8.86. The van der Waals surface area contributed by atoms with Gasteiger partial charge >= 0.3 is 5.97 Å². The van der Waals surface area contributed by atoms with E-state index in [4.69, 9.17) is 18.6 Å². The quantitative estimate of drug-likeness (QED) is 0.476. The Bertz CT molecular complexity index is 1110. The fourth-order valence-electron chi connectivity index (χ4n) is 2.85. The van der Waals surface area contributed by atoms with Crippen molar-refractivity contribution in [1.82, 2.24) is 0 Å². The normalized spacial score (nSPS) is 10.7. The van der Waals surface area contributed by atoms with Crippen LogP contribution in [-0.4, -0.2) is 30.4 Å². The number of rotatable bonds is 6. The Morgan fingerprint density at radius 2 is 1.79 bits per heavy atom. The van der Waals surface area contributed by atoms with E-state index >= 15 is 0 Å². The average molecular weight is 400 g/mol. The van der Waals surface area contributed by atoms with Crippen LogP contribution in [0.1, 0.15) is 19.8 Å². The summed E-state index contributed by atoms with van der Waals surface area (Å²) in [5.74, 6) is -1.43. The largest absolute Gasteiger partial charge is 0.507 e. The van der Waals surface area contributed by atoms with Crippen LogP contribution in [-0.2, 0) is 4.79 Å². The number of hydrogen-bond donors (Lipinski definition) is 2. The molecule has 0 atom stereocenters. The minimum atomic E-state index is -0.870. The predicted molar refractivity (Wildman–Crippen MR) is 105 cm³/mol. The molecule has 0 bridgehead atoms. The van der Waals surface area contributed by atoms with Crippen LogP contribution in [0.2, 0.25) is 0 Å². The van der Waals surface area contributed by atoms with Crippen LogP contribution in [0.3, 0.4) is 0 Å². The van der Waals surface area contributed by atoms with Crippen molar-refractivity contribution in [2.75, 3.05) is 14.2 Å². The van der Waals surface area contributed by atoms with Crippen LogP contribution >= 0.6 is 0 Å². The summed E-state index contributed by atoms with van der Waals surface area (Å²) in [6, 6.07) is 7.56. The maximum Gasteiger partial charge on any atom is 0.311 e. The van der Waals surface area contributed by atoms with E-state index in [1.807, 2.05) is 6.92 Å². The van der Waals surface area contributed by atoms with Crippen molar-refractivity contribution in [2.24, 2.45) is 0 Å². The summed E-state index contributed by atoms with van der Waals surface area (Å²) in [7, 11) is 2.83. The molecule has 2 N–H and O–H groups in total. The van der Waals surface area contributed by atoms with Gasteiger partial charge in [-0.1, -0.05) is 6.92 Å². The third-order valence-electron chi connectivity index (χ3n) is 4.28. The number of hydrogen-bond acceptors (Lipinski definition) is 8. The third kappa shape index (κ3) is 3.69. The zero-order valence-electron chi connectivity index (χ0n) is 16.1. The van der Waals surface area contributed by atoms with Gasteiger partial charge in [-0.05, 0) is 30.7 Å². The summed E-state index contributed by atoms with van der Waals surface area (Å²) in [6.07, 6.45) is 0.693. The van der Waals surface area contributed by atoms with Crippen molar-refractivity contribution in [2.45, 2.75) is 19.8 Å². The maximum absolute atomic E-state index is 12.8. The lowest BCUT2D eigenvalue weighted by Crippen LogP contribution is -2.10. The molecule has 3 aromatic rings. The number of benzene rings is 2. The fourth-order valence-corrected chi connectivity index (χ4v) is 2.85. The number of methoxy groups -OCH3 is 2. The Kier molecular flexibility index (Phi) is 5.63. The number of esters is 1. The van der Waals surface area contributed by atoms with Gasteiger partial charge in [0, 0.05) is 18.1 Å². The lowest BCUT2D eigenvalue weighted by Gasteiger charge is -2.14. The SMILES string of the molecule is CCCC(=O)Oc1c(OC)cc(O)c2c(=O)c(O)c(-c3ccc(OC)cc3)oc12. The minimum Gasteiger partial charge on any atom is -0.507 e. The Balaban J connectivity index is 2.31. The number of carbonyl (C=O) groups excluding carboxylic acids is 1. The molecule has 0 fully saturated rings. The highest BCUT2D eigenvalue weighted by molar-refractivity contribution is 5.94. The summed E-state index contributed by atoms with van der Waals surface area (Å²) in [6.45, 7) is 1.81. The molecule has 3 rings (SSSR count). The molecule has 0 unspecified atom stereocenters. The summed E-state index contributed by atoms with van der Waals surface area (Å²) in [4.78, 5) is 24.8. The van der Waals surface area contributed by atoms with Gasteiger partial charge in [-0.2, -0.15) is 0 Å². The summed E-state index contributed by atoms with van der Waals surface area (Å²) < 4.78 is 21.4. The monoisotopic (exact) mass is 400 g/mol. The van der Waals surface area contributed by atoms with Crippen molar-refractivity contribution in [3.8, 4) is 40.1 Å². The third-order valence-corrected chi connectivity index (χ3v) is 4.28. The highest BCUT2D eigenvalue weighted by atomic mass is 16.6. The van der Waals surface area contributed by atoms with Crippen LogP contribution in [0.5, 0.6) is 28.7 Å². The number of ether oxygens (including phenoxy) is 3. The zero-order chi connectivity index (χ0) is 21.1. The molecule has 0 aliphatic carbocycles. The van der Waals surface area contributed by atoms with E-state index in [0.717, 1.165) is 6.07 Å². The number of fused-ring (bicyclic) bond motifs is 1. The van der Waals surface area contributed by atoms with Gasteiger partial charge < -0.3 is 28.8 Å². The van der Waals surface area contributed by atoms with Crippen LogP contribution in [0.4, 0.5) is 0 Å². The highest BCUT2D eigenvalue weighted by Gasteiger charge is 2.25. The topological polar surface area (TPSA) is 115 Å². The Hall–Kier alpha value is -3.68. The lowest BCUT2D eigenvalue weighted by atomic mass is 10.1. The molecule has 1 heterocycles. The number of phenols is 1. The van der Waals surface area contributed by atoms with E-state index in [1.165, 1.54) is 14.2 Å². The molecule has 0 saturated carbocycles. The zero-order valence-corrected chi connectivity index (χ0v) is 16.1. The number of aromatic hydroxyl groups is 2. The second kappa shape index (κ2) is 8.14. The van der Waals surface area contributed by atoms with Crippen molar-refractivity contribution in [3.63, 3.8) is 0 Å². The summed E-state index contributed by atoms with van der Waals surface area (Å²) in [5.41, 5.74) is -0.694. The molecule has 0 aliphatic heterocycles. The first kappa shape index (κ1) is 20.1. The fraction of sp³-hybridized carbons (Fsp3) is 0.238. The molecule has 152 valence electrons. The van der Waals surface area contributed by atoms with Gasteiger partial charge in [-0.25, -0.2) is 0 Å². The molecule has 8 heteroatoms. The number of carbonyl (C=O) groups is 1. The van der Waals surface area contributed by atoms with E-state index in [9.17, 15) is 19.8 Å². The average Bonchev–Trinajstić information content (AvgIpc) is 2.72. The van der Waals surface area contributed by atoms with Crippen molar-refractivity contribution in [1.29, 1.82) is 0 Å². The van der Waals surface area contributed by atoms with Gasteiger partial charge in [0.1, 0.15) is 16.9 Å². The van der Waals surface area contributed by atoms with Crippen LogP contribution in [0, 0.1) is 0 Å². The Labute approximate surface area is 165 Å². The van der Waals surface area contributed by atoms with E-state index < -0.39 is 22.9 Å². The van der Waals surface area contributed by atoms with Gasteiger partial charge in [0.2, 0.25) is 16.9 Å². The van der Waals surface area contributed by atoms with Crippen LogP contribution < -0.4 is 19.6 Å². The molecule has 0 saturated heterocycles. The van der Waals surface area contributed by atoms with Crippen molar-refractivity contribution < 1.29 is 33.6 Å². The molecule has 0 spiro atoms. The second-order valence-corrected chi connectivity index (χ2v) is 6.19. The van der Waals surface area contributed by atoms with Gasteiger partial charge in [0.15, 0.2) is 17.1 Å². The molecular weight excluding hydrogens is 380 g/mol. The molecule has 2 aromatic carbocycles. The molecular formula is C21H20O8. The molecule has 0 amide bonds. The van der Waals surface area contributed by atoms with E-state index in [0.29, 0.717) is 17.7 Å². The minimum absolute atomic E-state index is 0.00831. The smallest absolute Gasteiger partial charge is 0.311 e. The highest BCUT2D eigenvalue weighted by Crippen LogP contribution is 2.43. The summed E-state index contributed by atoms with van der Waals surface area (Å²) >= 11 is 0. The van der Waals surface area contributed by atoms with Gasteiger partial charge in [-0.15, -0.1) is 0 Å². The number of phenolic OH excluding ortho intramolecular Hbond substituents is 1. The lowest BCUT2D eigenvalue weighted by molar-refractivity contribution is -0.134. The second-order valence-electron chi connectivity index (χ2n) is 6.19. The molecule has 0 radical (unpaired) electrons. The maximum atomic E-state index is 12.8. The van der Waals surface area contributed by atoms with E-state index in [-0.39, 0.29) is 34.6 Å². The Morgan fingerprint density at radius 3 is 2.38 bits per heavy atom. The van der Waals surface area contributed by atoms with Crippen molar-refractivity contribution in [3.05, 3.63) is 40.6 Å². The summed E-state index contributed by atoms with van der Waals surface area (Å²) in [5, 5.41) is 20.3.